The third-order valence-corrected chi connectivity index (χ3v) is 6.69. The zero-order valence-corrected chi connectivity index (χ0v) is 19.2. The third-order valence-electron chi connectivity index (χ3n) is 5.77. The number of ether oxygens (including phenoxy) is 1. The molecule has 2 aliphatic heterocycles. The number of carbonyl (C=O) groups excluding carboxylic acids is 1. The normalized spacial score (nSPS) is 17.7. The predicted molar refractivity (Wildman–Crippen MR) is 124 cm³/mol. The molecule has 8 heteroatoms. The molecule has 1 aromatic carbocycles. The van der Waals surface area contributed by atoms with Crippen molar-refractivity contribution in [2.24, 2.45) is 0 Å². The molecule has 0 spiro atoms. The lowest BCUT2D eigenvalue weighted by molar-refractivity contribution is 0.0664. The van der Waals surface area contributed by atoms with Gasteiger partial charge in [0.25, 0.3) is 5.91 Å². The van der Waals surface area contributed by atoms with Gasteiger partial charge in [0.05, 0.1) is 13.2 Å². The number of hydrogen-bond donors (Lipinski definition) is 0. The molecule has 166 valence electrons. The summed E-state index contributed by atoms with van der Waals surface area (Å²) in [6, 6.07) is 10.1. The smallest absolute Gasteiger partial charge is 0.253 e. The van der Waals surface area contributed by atoms with Crippen LogP contribution in [0.1, 0.15) is 28.5 Å². The largest absolute Gasteiger partial charge is 0.378 e. The van der Waals surface area contributed by atoms with E-state index in [1.165, 1.54) is 0 Å². The Bertz CT molecular complexity index is 895. The number of piperazine rings is 1. The molecule has 0 unspecified atom stereocenters. The van der Waals surface area contributed by atoms with Crippen LogP contribution in [0.25, 0.3) is 0 Å². The van der Waals surface area contributed by atoms with Crippen molar-refractivity contribution in [1.29, 1.82) is 0 Å². The Morgan fingerprint density at radius 3 is 2.58 bits per heavy atom. The lowest BCUT2D eigenvalue weighted by Gasteiger charge is -2.32. The molecule has 0 bridgehead atoms. The van der Waals surface area contributed by atoms with Gasteiger partial charge in [-0.05, 0) is 31.2 Å². The zero-order valence-electron chi connectivity index (χ0n) is 18.4. The van der Waals surface area contributed by atoms with Gasteiger partial charge in [-0.1, -0.05) is 30.8 Å². The van der Waals surface area contributed by atoms with Gasteiger partial charge in [0.1, 0.15) is 5.82 Å². The van der Waals surface area contributed by atoms with E-state index in [4.69, 9.17) is 14.7 Å². The molecular formula is C23H31N5O2S. The van der Waals surface area contributed by atoms with E-state index in [2.05, 4.69) is 35.9 Å². The summed E-state index contributed by atoms with van der Waals surface area (Å²) in [6.07, 6.45) is 0.877. The molecule has 1 aromatic heterocycles. The van der Waals surface area contributed by atoms with Crippen LogP contribution in [0.3, 0.4) is 0 Å². The minimum Gasteiger partial charge on any atom is -0.378 e. The Hall–Kier alpha value is -2.16. The van der Waals surface area contributed by atoms with Crippen LogP contribution in [-0.2, 0) is 16.9 Å². The van der Waals surface area contributed by atoms with E-state index in [0.29, 0.717) is 0 Å². The highest BCUT2D eigenvalue weighted by Crippen LogP contribution is 2.24. The summed E-state index contributed by atoms with van der Waals surface area (Å²) in [5.41, 5.74) is 2.93. The first-order valence-corrected chi connectivity index (χ1v) is 12.0. The molecule has 4 rings (SSSR count). The number of morpholine rings is 1. The number of hydrogen-bond acceptors (Lipinski definition) is 7. The Balaban J connectivity index is 1.43. The van der Waals surface area contributed by atoms with Crippen molar-refractivity contribution in [2.75, 3.05) is 64.4 Å². The maximum atomic E-state index is 12.9. The average molecular weight is 442 g/mol. The molecule has 7 nitrogen and oxygen atoms in total. The van der Waals surface area contributed by atoms with E-state index in [1.54, 1.807) is 11.8 Å². The van der Waals surface area contributed by atoms with E-state index < -0.39 is 0 Å². The summed E-state index contributed by atoms with van der Waals surface area (Å²) in [7, 11) is 2.10. The van der Waals surface area contributed by atoms with Crippen LogP contribution in [0.15, 0.2) is 35.5 Å². The van der Waals surface area contributed by atoms with Gasteiger partial charge in [-0.15, -0.1) is 0 Å². The summed E-state index contributed by atoms with van der Waals surface area (Å²) in [5.74, 6) is 1.84. The van der Waals surface area contributed by atoms with Crippen LogP contribution in [0, 0.1) is 0 Å². The van der Waals surface area contributed by atoms with Gasteiger partial charge in [0.2, 0.25) is 0 Å². The minimum absolute atomic E-state index is 0.124. The summed E-state index contributed by atoms with van der Waals surface area (Å²) in [6.45, 7) is 8.75. The molecule has 2 aromatic rings. The van der Waals surface area contributed by atoms with Crippen molar-refractivity contribution in [1.82, 2.24) is 19.8 Å². The Kier molecular flexibility index (Phi) is 7.42. The molecule has 1 amide bonds. The maximum absolute atomic E-state index is 12.9. The fourth-order valence-corrected chi connectivity index (χ4v) is 4.61. The molecule has 0 N–H and O–H groups in total. The van der Waals surface area contributed by atoms with Gasteiger partial charge in [-0.2, -0.15) is 0 Å². The fourth-order valence-electron chi connectivity index (χ4n) is 3.79. The van der Waals surface area contributed by atoms with Crippen LogP contribution < -0.4 is 4.90 Å². The number of rotatable bonds is 6. The number of likely N-dealkylation sites (N-methyl/N-ethyl adjacent to an activating group) is 1. The predicted octanol–water partition coefficient (Wildman–Crippen LogP) is 2.56. The molecule has 31 heavy (non-hydrogen) atoms. The van der Waals surface area contributed by atoms with Crippen molar-refractivity contribution < 1.29 is 9.53 Å². The summed E-state index contributed by atoms with van der Waals surface area (Å²) in [4.78, 5) is 28.9. The summed E-state index contributed by atoms with van der Waals surface area (Å²) in [5, 5.41) is 0.789. The molecule has 2 fully saturated rings. The van der Waals surface area contributed by atoms with Crippen LogP contribution >= 0.6 is 11.8 Å². The molecule has 0 saturated carbocycles. The SMILES string of the molecule is CCc1cc(N2CCOCC2)nc(SCc2cccc(C(=O)N3CCN(C)CC3)c2)n1. The van der Waals surface area contributed by atoms with Crippen molar-refractivity contribution in [3.63, 3.8) is 0 Å². The molecule has 2 aliphatic rings. The average Bonchev–Trinajstić information content (AvgIpc) is 2.83. The standard InChI is InChI=1S/C23H31N5O2S/c1-3-20-16-21(27-11-13-30-14-12-27)25-23(24-20)31-17-18-5-4-6-19(15-18)22(29)28-9-7-26(2)8-10-28/h4-6,15-16H,3,7-14,17H2,1-2H3. The maximum Gasteiger partial charge on any atom is 0.253 e. The zero-order chi connectivity index (χ0) is 21.6. The summed E-state index contributed by atoms with van der Waals surface area (Å²) < 4.78 is 5.47. The highest BCUT2D eigenvalue weighted by molar-refractivity contribution is 7.98. The Labute approximate surface area is 188 Å². The van der Waals surface area contributed by atoms with Crippen molar-refractivity contribution in [3.8, 4) is 0 Å². The van der Waals surface area contributed by atoms with Crippen molar-refractivity contribution in [2.45, 2.75) is 24.3 Å². The molecule has 3 heterocycles. The van der Waals surface area contributed by atoms with Crippen LogP contribution in [0.4, 0.5) is 5.82 Å². The van der Waals surface area contributed by atoms with Crippen LogP contribution in [0.2, 0.25) is 0 Å². The fraction of sp³-hybridized carbons (Fsp3) is 0.522. The number of anilines is 1. The first-order valence-electron chi connectivity index (χ1n) is 11.0. The van der Waals surface area contributed by atoms with Gasteiger partial charge < -0.3 is 19.4 Å². The van der Waals surface area contributed by atoms with Gasteiger partial charge in [0, 0.05) is 62.3 Å². The molecule has 0 radical (unpaired) electrons. The Morgan fingerprint density at radius 2 is 1.84 bits per heavy atom. The first-order chi connectivity index (χ1) is 15.1. The number of aromatic nitrogens is 2. The topological polar surface area (TPSA) is 61.8 Å². The second-order valence-electron chi connectivity index (χ2n) is 8.04. The quantitative estimate of drug-likeness (QED) is 0.504. The van der Waals surface area contributed by atoms with E-state index in [9.17, 15) is 4.79 Å². The number of nitrogens with zero attached hydrogens (tertiary/aromatic N) is 5. The minimum atomic E-state index is 0.124. The summed E-state index contributed by atoms with van der Waals surface area (Å²) >= 11 is 1.63. The first kappa shape index (κ1) is 22.0. The van der Waals surface area contributed by atoms with E-state index in [-0.39, 0.29) is 5.91 Å². The second kappa shape index (κ2) is 10.4. The van der Waals surface area contributed by atoms with E-state index in [0.717, 1.165) is 92.5 Å². The van der Waals surface area contributed by atoms with Gasteiger partial charge >= 0.3 is 0 Å². The van der Waals surface area contributed by atoms with Gasteiger partial charge in [-0.3, -0.25) is 4.79 Å². The van der Waals surface area contributed by atoms with Gasteiger partial charge in [-0.25, -0.2) is 9.97 Å². The lowest BCUT2D eigenvalue weighted by atomic mass is 10.1. The molecule has 0 aliphatic carbocycles. The lowest BCUT2D eigenvalue weighted by Crippen LogP contribution is -2.47. The highest BCUT2D eigenvalue weighted by Gasteiger charge is 2.20. The number of thioether (sulfide) groups is 1. The van der Waals surface area contributed by atoms with E-state index >= 15 is 0 Å². The Morgan fingerprint density at radius 1 is 1.06 bits per heavy atom. The highest BCUT2D eigenvalue weighted by atomic mass is 32.2. The number of carbonyl (C=O) groups is 1. The van der Waals surface area contributed by atoms with Gasteiger partial charge in [0.15, 0.2) is 5.16 Å². The molecule has 0 atom stereocenters. The van der Waals surface area contributed by atoms with Crippen LogP contribution in [0.5, 0.6) is 0 Å². The number of amides is 1. The van der Waals surface area contributed by atoms with Crippen molar-refractivity contribution in [3.05, 3.63) is 47.2 Å². The van der Waals surface area contributed by atoms with Crippen molar-refractivity contribution >= 4 is 23.5 Å². The third kappa shape index (κ3) is 5.75. The number of benzene rings is 1. The molecule has 2 saturated heterocycles. The number of aryl methyl sites for hydroxylation is 1. The molecular weight excluding hydrogens is 410 g/mol. The second-order valence-corrected chi connectivity index (χ2v) is 8.98. The van der Waals surface area contributed by atoms with Crippen LogP contribution in [-0.4, -0.2) is 85.2 Å². The monoisotopic (exact) mass is 441 g/mol. The van der Waals surface area contributed by atoms with E-state index in [1.807, 2.05) is 23.1 Å².